The first-order valence-corrected chi connectivity index (χ1v) is 7.86. The number of carbonyl (C=O) groups is 1. The van der Waals surface area contributed by atoms with Gasteiger partial charge in [0, 0.05) is 13.2 Å². The molecule has 3 rings (SSSR count). The molecule has 0 atom stereocenters. The summed E-state index contributed by atoms with van der Waals surface area (Å²) in [6.07, 6.45) is 7.67. The summed E-state index contributed by atoms with van der Waals surface area (Å²) in [4.78, 5) is 16.9. The van der Waals surface area contributed by atoms with Crippen LogP contribution in [-0.4, -0.2) is 29.3 Å². The summed E-state index contributed by atoms with van der Waals surface area (Å²) < 4.78 is 5.68. The Balaban J connectivity index is 1.96. The fourth-order valence-electron chi connectivity index (χ4n) is 2.24. The normalized spacial score (nSPS) is 21.0. The molecule has 1 fully saturated rings. The molecule has 0 spiro atoms. The van der Waals surface area contributed by atoms with Gasteiger partial charge in [0.25, 0.3) is 5.91 Å². The average Bonchev–Trinajstić information content (AvgIpc) is 2.83. The Kier molecular flexibility index (Phi) is 4.04. The van der Waals surface area contributed by atoms with E-state index in [4.69, 9.17) is 17.0 Å². The number of nitrogens with zero attached hydrogens (tertiary/aromatic N) is 2. The molecule has 0 bridgehead atoms. The number of likely N-dealkylation sites (N-methyl/N-ethyl adjacent to an activating group) is 1. The molecule has 22 heavy (non-hydrogen) atoms. The number of anilines is 1. The van der Waals surface area contributed by atoms with Gasteiger partial charge in [0.05, 0.1) is 18.5 Å². The van der Waals surface area contributed by atoms with Crippen LogP contribution in [0.25, 0.3) is 0 Å². The van der Waals surface area contributed by atoms with E-state index in [0.29, 0.717) is 9.23 Å². The molecule has 6 heteroatoms. The lowest BCUT2D eigenvalue weighted by molar-refractivity contribution is -0.113. The maximum Gasteiger partial charge on any atom is 0.272 e. The number of hydrogen-bond acceptors (Lipinski definition) is 5. The summed E-state index contributed by atoms with van der Waals surface area (Å²) in [5, 5.41) is 0. The molecule has 112 valence electrons. The van der Waals surface area contributed by atoms with Gasteiger partial charge in [-0.15, -0.1) is 0 Å². The van der Waals surface area contributed by atoms with Crippen molar-refractivity contribution >= 4 is 39.9 Å². The first-order valence-electron chi connectivity index (χ1n) is 6.64. The highest BCUT2D eigenvalue weighted by atomic mass is 32.2. The van der Waals surface area contributed by atoms with Crippen molar-refractivity contribution in [3.63, 3.8) is 0 Å². The quantitative estimate of drug-likeness (QED) is 0.614. The van der Waals surface area contributed by atoms with Crippen molar-refractivity contribution in [1.29, 1.82) is 0 Å². The predicted molar refractivity (Wildman–Crippen MR) is 93.7 cm³/mol. The van der Waals surface area contributed by atoms with Crippen molar-refractivity contribution in [2.45, 2.75) is 0 Å². The van der Waals surface area contributed by atoms with E-state index in [2.05, 4.69) is 0 Å². The Morgan fingerprint density at radius 2 is 1.91 bits per heavy atom. The minimum atomic E-state index is -0.0954. The van der Waals surface area contributed by atoms with Crippen LogP contribution in [0.5, 0.6) is 5.75 Å². The van der Waals surface area contributed by atoms with Crippen LogP contribution >= 0.6 is 24.0 Å². The molecule has 1 saturated heterocycles. The Morgan fingerprint density at radius 3 is 2.55 bits per heavy atom. The maximum absolute atomic E-state index is 12.8. The maximum atomic E-state index is 12.8. The van der Waals surface area contributed by atoms with Gasteiger partial charge >= 0.3 is 0 Å². The Bertz CT molecular complexity index is 720. The summed E-state index contributed by atoms with van der Waals surface area (Å²) in [5.74, 6) is 0.648. The van der Waals surface area contributed by atoms with Gasteiger partial charge in [0.2, 0.25) is 0 Å². The third kappa shape index (κ3) is 2.55. The highest BCUT2D eigenvalue weighted by Crippen LogP contribution is 2.38. The van der Waals surface area contributed by atoms with Crippen LogP contribution in [0.4, 0.5) is 5.69 Å². The van der Waals surface area contributed by atoms with Crippen molar-refractivity contribution in [1.82, 2.24) is 4.90 Å². The summed E-state index contributed by atoms with van der Waals surface area (Å²) in [6, 6.07) is 7.29. The van der Waals surface area contributed by atoms with Gasteiger partial charge < -0.3 is 9.64 Å². The standard InChI is InChI=1S/C16H14N2O2S2/c1-17-10-4-3-5-13(17)14-15(19)18(16(21)22-14)11-6-8-12(20-2)9-7-11/h3-10H,1-2H3/b14-13-. The van der Waals surface area contributed by atoms with Gasteiger partial charge in [0.15, 0.2) is 4.32 Å². The van der Waals surface area contributed by atoms with Crippen LogP contribution in [0.1, 0.15) is 0 Å². The molecule has 1 aromatic carbocycles. The lowest BCUT2D eigenvalue weighted by Gasteiger charge is -2.19. The second-order valence-corrected chi connectivity index (χ2v) is 6.38. The number of methoxy groups -OCH3 is 1. The number of hydrogen-bond donors (Lipinski definition) is 0. The molecule has 0 radical (unpaired) electrons. The van der Waals surface area contributed by atoms with Crippen molar-refractivity contribution in [3.8, 4) is 5.75 Å². The molecule has 0 aliphatic carbocycles. The molecule has 0 aromatic heterocycles. The monoisotopic (exact) mass is 330 g/mol. The molecule has 1 aromatic rings. The third-order valence-corrected chi connectivity index (χ3v) is 4.77. The minimum absolute atomic E-state index is 0.0954. The van der Waals surface area contributed by atoms with Gasteiger partial charge in [-0.3, -0.25) is 9.69 Å². The summed E-state index contributed by atoms with van der Waals surface area (Å²) >= 11 is 6.71. The van der Waals surface area contributed by atoms with E-state index in [1.807, 2.05) is 60.6 Å². The number of amides is 1. The van der Waals surface area contributed by atoms with E-state index >= 15 is 0 Å². The van der Waals surface area contributed by atoms with Crippen LogP contribution in [-0.2, 0) is 4.79 Å². The number of rotatable bonds is 2. The smallest absolute Gasteiger partial charge is 0.272 e. The Labute approximate surface area is 138 Å². The summed E-state index contributed by atoms with van der Waals surface area (Å²) in [6.45, 7) is 0. The van der Waals surface area contributed by atoms with E-state index in [1.165, 1.54) is 11.8 Å². The highest BCUT2D eigenvalue weighted by molar-refractivity contribution is 8.27. The van der Waals surface area contributed by atoms with Gasteiger partial charge in [-0.1, -0.05) is 30.1 Å². The van der Waals surface area contributed by atoms with Crippen molar-refractivity contribution in [2.24, 2.45) is 0 Å². The van der Waals surface area contributed by atoms with Crippen LogP contribution in [0.3, 0.4) is 0 Å². The van der Waals surface area contributed by atoms with Gasteiger partial charge in [-0.05, 0) is 36.4 Å². The zero-order valence-electron chi connectivity index (χ0n) is 12.1. The predicted octanol–water partition coefficient (Wildman–Crippen LogP) is 3.29. The Morgan fingerprint density at radius 1 is 1.18 bits per heavy atom. The van der Waals surface area contributed by atoms with Crippen molar-refractivity contribution < 1.29 is 9.53 Å². The molecule has 0 N–H and O–H groups in total. The summed E-state index contributed by atoms with van der Waals surface area (Å²) in [5.41, 5.74) is 1.60. The van der Waals surface area contributed by atoms with E-state index in [0.717, 1.165) is 17.1 Å². The van der Waals surface area contributed by atoms with E-state index in [-0.39, 0.29) is 5.91 Å². The van der Waals surface area contributed by atoms with Crippen molar-refractivity contribution in [2.75, 3.05) is 19.1 Å². The van der Waals surface area contributed by atoms with Crippen LogP contribution < -0.4 is 9.64 Å². The lowest BCUT2D eigenvalue weighted by atomic mass is 10.2. The second kappa shape index (κ2) is 5.98. The number of carbonyl (C=O) groups excluding carboxylic acids is 1. The molecular weight excluding hydrogens is 316 g/mol. The summed E-state index contributed by atoms with van der Waals surface area (Å²) in [7, 11) is 3.52. The molecule has 2 heterocycles. The fourth-order valence-corrected chi connectivity index (χ4v) is 3.62. The molecular formula is C16H14N2O2S2. The minimum Gasteiger partial charge on any atom is -0.497 e. The van der Waals surface area contributed by atoms with Gasteiger partial charge in [0.1, 0.15) is 10.7 Å². The number of allylic oxidation sites excluding steroid dienone is 3. The van der Waals surface area contributed by atoms with Crippen LogP contribution in [0.15, 0.2) is 59.3 Å². The van der Waals surface area contributed by atoms with E-state index in [9.17, 15) is 4.79 Å². The zero-order chi connectivity index (χ0) is 15.7. The van der Waals surface area contributed by atoms with Crippen LogP contribution in [0.2, 0.25) is 0 Å². The second-order valence-electron chi connectivity index (χ2n) is 4.73. The largest absolute Gasteiger partial charge is 0.497 e. The molecule has 2 aliphatic rings. The number of thiocarbonyl (C=S) groups is 1. The number of benzene rings is 1. The molecule has 0 unspecified atom stereocenters. The molecule has 2 aliphatic heterocycles. The van der Waals surface area contributed by atoms with E-state index in [1.54, 1.807) is 12.0 Å². The topological polar surface area (TPSA) is 32.8 Å². The zero-order valence-corrected chi connectivity index (χ0v) is 13.8. The fraction of sp³-hybridized carbons (Fsp3) is 0.125. The van der Waals surface area contributed by atoms with Gasteiger partial charge in [-0.25, -0.2) is 0 Å². The van der Waals surface area contributed by atoms with Crippen molar-refractivity contribution in [3.05, 3.63) is 59.3 Å². The third-order valence-electron chi connectivity index (χ3n) is 3.39. The number of thioether (sulfide) groups is 1. The average molecular weight is 330 g/mol. The first-order chi connectivity index (χ1) is 10.6. The van der Waals surface area contributed by atoms with Crippen LogP contribution in [0, 0.1) is 0 Å². The highest BCUT2D eigenvalue weighted by Gasteiger charge is 2.36. The Hall–Kier alpha value is -2.05. The molecule has 0 saturated carbocycles. The SMILES string of the molecule is COc1ccc(N2C(=O)/C(=C3\C=CC=CN3C)SC2=S)cc1. The molecule has 1 amide bonds. The number of ether oxygens (including phenoxy) is 1. The van der Waals surface area contributed by atoms with Gasteiger partial charge in [-0.2, -0.15) is 0 Å². The lowest BCUT2D eigenvalue weighted by Crippen LogP contribution is -2.28. The molecule has 4 nitrogen and oxygen atoms in total. The van der Waals surface area contributed by atoms with E-state index < -0.39 is 0 Å². The first kappa shape index (κ1) is 14.9.